The Balaban J connectivity index is 0.000000703. The van der Waals surface area contributed by atoms with Gasteiger partial charge in [0.2, 0.25) is 0 Å². The third-order valence-electron chi connectivity index (χ3n) is 11.0. The monoisotopic (exact) mass is 829 g/mol. The number of thioether (sulfide) groups is 1. The molecule has 4 heterocycles. The molecule has 1 aromatic heterocycles. The number of alkyl carbamates (subject to hydrolysis) is 1. The first-order chi connectivity index (χ1) is 27.1. The number of pyridine rings is 1. The highest BCUT2D eigenvalue weighted by Gasteiger charge is 2.56. The summed E-state index contributed by atoms with van der Waals surface area (Å²) >= 11 is 1.32. The molecule has 14 nitrogen and oxygen atoms in total. The van der Waals surface area contributed by atoms with E-state index in [1.165, 1.54) is 18.7 Å². The number of carbonyl (C=O) groups is 5. The lowest BCUT2D eigenvalue weighted by Gasteiger charge is -2.39. The summed E-state index contributed by atoms with van der Waals surface area (Å²) in [6.07, 6.45) is 4.11. The molecular weight excluding hydrogens is 767 g/mol. The molecule has 15 heteroatoms. The summed E-state index contributed by atoms with van der Waals surface area (Å²) in [5.74, 6) is -4.65. The van der Waals surface area contributed by atoms with Crippen LogP contribution in [-0.4, -0.2) is 107 Å². The molecule has 11 atom stereocenters. The molecule has 0 saturated carbocycles. The topological polar surface area (TPSA) is 180 Å². The lowest BCUT2D eigenvalue weighted by Crippen LogP contribution is -2.57. The molecule has 1 amide bonds. The van der Waals surface area contributed by atoms with Crippen LogP contribution in [0.5, 0.6) is 0 Å². The van der Waals surface area contributed by atoms with Crippen molar-refractivity contribution in [2.75, 3.05) is 20.7 Å². The van der Waals surface area contributed by atoms with Gasteiger partial charge in [-0.2, -0.15) is 0 Å². The van der Waals surface area contributed by atoms with E-state index in [0.717, 1.165) is 18.5 Å². The van der Waals surface area contributed by atoms with Crippen LogP contribution in [0.1, 0.15) is 93.2 Å². The van der Waals surface area contributed by atoms with E-state index in [-0.39, 0.29) is 37.8 Å². The van der Waals surface area contributed by atoms with Gasteiger partial charge in [-0.1, -0.05) is 58.7 Å². The predicted octanol–water partition coefficient (Wildman–Crippen LogP) is 6.87. The molecule has 0 radical (unpaired) electrons. The number of carbonyl (C=O) groups excluding carboxylic acids is 5. The highest BCUT2D eigenvalue weighted by Crippen LogP contribution is 2.38. The SMILES string of the molecule is C=C(/C=C/COC(=O)O[C@]1(C)C[C@@H](C)C(=O)C(C)C2NC(=O)O[C@]2(C)[C@@H](CC)OC(=O)[C@H](C)C(=O)[C@H](C)C1)SC(=C)c1ccccn1.CC1CC(N(C)C)CC(O)O1. The van der Waals surface area contributed by atoms with Crippen molar-refractivity contribution in [3.8, 4) is 0 Å². The van der Waals surface area contributed by atoms with Crippen LogP contribution in [0.25, 0.3) is 4.91 Å². The van der Waals surface area contributed by atoms with Gasteiger partial charge in [-0.3, -0.25) is 19.4 Å². The van der Waals surface area contributed by atoms with Crippen molar-refractivity contribution < 1.29 is 52.8 Å². The third-order valence-corrected chi connectivity index (χ3v) is 11.8. The van der Waals surface area contributed by atoms with Crippen LogP contribution in [0.2, 0.25) is 0 Å². The molecule has 0 aromatic carbocycles. The first-order valence-corrected chi connectivity index (χ1v) is 20.7. The molecule has 2 N–H and O–H groups in total. The van der Waals surface area contributed by atoms with E-state index in [2.05, 4.69) is 28.4 Å². The van der Waals surface area contributed by atoms with Crippen LogP contribution in [0.4, 0.5) is 9.59 Å². The molecule has 0 spiro atoms. The fourth-order valence-electron chi connectivity index (χ4n) is 7.93. The highest BCUT2D eigenvalue weighted by molar-refractivity contribution is 8.11. The van der Waals surface area contributed by atoms with E-state index in [0.29, 0.717) is 15.9 Å². The molecule has 3 fully saturated rings. The summed E-state index contributed by atoms with van der Waals surface area (Å²) in [4.78, 5) is 73.5. The van der Waals surface area contributed by atoms with Gasteiger partial charge in [0.05, 0.1) is 17.8 Å². The van der Waals surface area contributed by atoms with Crippen LogP contribution in [-0.2, 0) is 38.1 Å². The second-order valence-corrected chi connectivity index (χ2v) is 17.5. The van der Waals surface area contributed by atoms with Gasteiger partial charge in [0.1, 0.15) is 35.8 Å². The number of rotatable bonds is 9. The average molecular weight is 830 g/mol. The molecule has 322 valence electrons. The molecule has 0 bridgehead atoms. The highest BCUT2D eigenvalue weighted by atomic mass is 32.2. The Morgan fingerprint density at radius 2 is 1.71 bits per heavy atom. The maximum Gasteiger partial charge on any atom is 0.509 e. The summed E-state index contributed by atoms with van der Waals surface area (Å²) in [5.41, 5.74) is -1.95. The molecule has 4 rings (SSSR count). The van der Waals surface area contributed by atoms with E-state index in [4.69, 9.17) is 23.7 Å². The van der Waals surface area contributed by atoms with Crippen molar-refractivity contribution >= 4 is 46.5 Å². The van der Waals surface area contributed by atoms with E-state index < -0.39 is 77.3 Å². The summed E-state index contributed by atoms with van der Waals surface area (Å²) < 4.78 is 27.7. The van der Waals surface area contributed by atoms with Crippen molar-refractivity contribution in [3.63, 3.8) is 0 Å². The Morgan fingerprint density at radius 3 is 2.29 bits per heavy atom. The molecule has 0 aliphatic carbocycles. The van der Waals surface area contributed by atoms with E-state index in [1.807, 2.05) is 39.2 Å². The van der Waals surface area contributed by atoms with Crippen LogP contribution >= 0.6 is 11.8 Å². The van der Waals surface area contributed by atoms with Gasteiger partial charge < -0.3 is 39.0 Å². The summed E-state index contributed by atoms with van der Waals surface area (Å²) in [6.45, 7) is 21.4. The molecule has 3 saturated heterocycles. The Bertz CT molecular complexity index is 1660. The zero-order valence-corrected chi connectivity index (χ0v) is 36.5. The fourth-order valence-corrected chi connectivity index (χ4v) is 8.64. The quantitative estimate of drug-likeness (QED) is 0.114. The molecule has 5 unspecified atom stereocenters. The van der Waals surface area contributed by atoms with Gasteiger partial charge in [0.15, 0.2) is 11.9 Å². The van der Waals surface area contributed by atoms with Crippen LogP contribution in [0.3, 0.4) is 0 Å². The minimum Gasteiger partial charge on any atom is -0.458 e. The van der Waals surface area contributed by atoms with E-state index >= 15 is 0 Å². The first kappa shape index (κ1) is 48.3. The third kappa shape index (κ3) is 13.2. The second-order valence-electron chi connectivity index (χ2n) is 16.3. The van der Waals surface area contributed by atoms with Crippen molar-refractivity contribution in [3.05, 3.63) is 60.3 Å². The number of esters is 1. The Hall–Kier alpha value is -4.05. The second kappa shape index (κ2) is 21.3. The van der Waals surface area contributed by atoms with Gasteiger partial charge in [-0.05, 0) is 91.8 Å². The number of nitrogens with one attached hydrogen (secondary N) is 1. The van der Waals surface area contributed by atoms with Crippen LogP contribution < -0.4 is 5.32 Å². The maximum atomic E-state index is 13.8. The van der Waals surface area contributed by atoms with E-state index in [1.54, 1.807) is 59.9 Å². The molecule has 1 aromatic rings. The number of aromatic nitrogens is 1. The number of ketones is 2. The van der Waals surface area contributed by atoms with Crippen LogP contribution in [0.15, 0.2) is 54.6 Å². The number of amides is 1. The summed E-state index contributed by atoms with van der Waals surface area (Å²) in [5, 5.41) is 12.0. The zero-order valence-electron chi connectivity index (χ0n) is 35.6. The molecule has 58 heavy (non-hydrogen) atoms. The summed E-state index contributed by atoms with van der Waals surface area (Å²) in [7, 11) is 4.07. The summed E-state index contributed by atoms with van der Waals surface area (Å²) in [6, 6.07) is 5.17. The number of aliphatic hydroxyl groups excluding tert-OH is 1. The van der Waals surface area contributed by atoms with Gasteiger partial charge in [-0.25, -0.2) is 9.59 Å². The number of Topliss-reactive ketones (excluding diaryl/α,β-unsaturated/α-hetero) is 2. The number of nitrogens with zero attached hydrogens (tertiary/aromatic N) is 2. The standard InChI is InChI=1S/C35H46N2O9S.C8H17NO2/c1-10-27-35(9)30(37-32(41)45-35)23(5)28(38)20(2)18-34(8,19-21(3)29(39)24(6)31(40)44-27)46-33(42)43-17-13-14-22(4)47-25(7)26-15-11-12-16-36-26;1-6-4-7(9(2)3)5-8(10)11-6/h11-16,20-21,23-24,27,30H,4,7,10,17-19H2,1-3,5-6,8-9H3,(H,37,41);6-8,10H,4-5H2,1-3H3/b14-13+;/t20-,21-,23?,24-,27-,30?,34-,35-;/m1./s1. The van der Waals surface area contributed by atoms with E-state index in [9.17, 15) is 29.1 Å². The van der Waals surface area contributed by atoms with Gasteiger partial charge >= 0.3 is 18.2 Å². The number of fused-ring (bicyclic) bond motifs is 1. The molecular formula is C43H63N3O11S. The lowest BCUT2D eigenvalue weighted by molar-refractivity contribution is -0.172. The van der Waals surface area contributed by atoms with Crippen molar-refractivity contribution in [1.29, 1.82) is 0 Å². The first-order valence-electron chi connectivity index (χ1n) is 19.9. The minimum absolute atomic E-state index is 0.0294. The number of aliphatic hydroxyl groups is 1. The molecule has 3 aliphatic heterocycles. The van der Waals surface area contributed by atoms with Gasteiger partial charge in [-0.15, -0.1) is 0 Å². The van der Waals surface area contributed by atoms with Gasteiger partial charge in [0, 0.05) is 46.2 Å². The number of ether oxygens (including phenoxy) is 5. The van der Waals surface area contributed by atoms with Crippen molar-refractivity contribution in [1.82, 2.24) is 15.2 Å². The zero-order chi connectivity index (χ0) is 43.5. The Morgan fingerprint density at radius 1 is 1.05 bits per heavy atom. The Kier molecular flexibility index (Phi) is 17.7. The Labute approximate surface area is 347 Å². The minimum atomic E-state index is -1.36. The molecule has 3 aliphatic rings. The van der Waals surface area contributed by atoms with Crippen molar-refractivity contribution in [2.24, 2.45) is 23.7 Å². The number of cyclic esters (lactones) is 1. The fraction of sp³-hybridized carbons (Fsp3) is 0.628. The van der Waals surface area contributed by atoms with Crippen molar-refractivity contribution in [2.45, 2.75) is 129 Å². The van der Waals surface area contributed by atoms with Crippen LogP contribution in [0, 0.1) is 23.7 Å². The number of hydrogen-bond donors (Lipinski definition) is 2. The normalized spacial score (nSPS) is 33.4. The predicted molar refractivity (Wildman–Crippen MR) is 221 cm³/mol. The van der Waals surface area contributed by atoms with Gasteiger partial charge in [0.25, 0.3) is 0 Å². The average Bonchev–Trinajstić information content (AvgIpc) is 3.47. The lowest BCUT2D eigenvalue weighted by atomic mass is 9.74. The number of allylic oxidation sites excluding steroid dienone is 1. The maximum absolute atomic E-state index is 13.8. The largest absolute Gasteiger partial charge is 0.509 e. The number of hydrogen-bond acceptors (Lipinski definition) is 14. The smallest absolute Gasteiger partial charge is 0.458 e.